The lowest BCUT2D eigenvalue weighted by Gasteiger charge is -2.05. The molecule has 0 spiro atoms. The van der Waals surface area contributed by atoms with Crippen LogP contribution < -0.4 is 5.73 Å². The molecule has 4 N–H and O–H groups in total. The molecule has 0 amide bonds. The number of sulfone groups is 1. The number of hydrogen-bond acceptors (Lipinski definition) is 10. The van der Waals surface area contributed by atoms with Crippen LogP contribution in [0.25, 0.3) is 0 Å². The van der Waals surface area contributed by atoms with Crippen LogP contribution in [0.1, 0.15) is 0 Å². The Morgan fingerprint density at radius 2 is 1.57 bits per heavy atom. The highest BCUT2D eigenvalue weighted by molar-refractivity contribution is 7.91. The first kappa shape index (κ1) is 23.8. The lowest BCUT2D eigenvalue weighted by molar-refractivity contribution is 0.284. The van der Waals surface area contributed by atoms with Crippen LogP contribution in [-0.2, 0) is 34.5 Å². The minimum atomic E-state index is -4.77. The summed E-state index contributed by atoms with van der Waals surface area (Å²) in [6, 6.07) is 5.93. The highest BCUT2D eigenvalue weighted by Crippen LogP contribution is 2.29. The lowest BCUT2D eigenvalue weighted by Crippen LogP contribution is -2.15. The molecule has 2 aromatic carbocycles. The Labute approximate surface area is 170 Å². The van der Waals surface area contributed by atoms with Crippen LogP contribution in [0.15, 0.2) is 56.4 Å². The first-order valence-electron chi connectivity index (χ1n) is 7.62. The molecule has 0 aromatic heterocycles. The van der Waals surface area contributed by atoms with Gasteiger partial charge in [0.25, 0.3) is 10.1 Å². The maximum atomic E-state index is 13.9. The normalized spacial score (nSPS) is 13.0. The van der Waals surface area contributed by atoms with Gasteiger partial charge in [-0.05, 0) is 30.3 Å². The summed E-state index contributed by atoms with van der Waals surface area (Å²) in [5.74, 6) is -1.75. The van der Waals surface area contributed by atoms with Gasteiger partial charge in [-0.15, -0.1) is 5.11 Å². The number of hydrogen-bond donors (Lipinski definition) is 3. The average molecular weight is 483 g/mol. The molecule has 0 aliphatic carbocycles. The van der Waals surface area contributed by atoms with Crippen molar-refractivity contribution in [3.05, 3.63) is 42.2 Å². The second kappa shape index (κ2) is 8.70. The molecule has 0 aliphatic rings. The summed E-state index contributed by atoms with van der Waals surface area (Å²) in [6.07, 6.45) is 0. The molecule has 0 radical (unpaired) electrons. The van der Waals surface area contributed by atoms with Gasteiger partial charge in [0.2, 0.25) is 0 Å². The zero-order chi connectivity index (χ0) is 22.7. The van der Waals surface area contributed by atoms with Gasteiger partial charge in [0, 0.05) is 6.07 Å². The fraction of sp³-hybridized carbons (Fsp3) is 0.143. The second-order valence-corrected chi connectivity index (χ2v) is 10.2. The fourth-order valence-corrected chi connectivity index (χ4v) is 4.16. The van der Waals surface area contributed by atoms with Gasteiger partial charge in [-0.3, -0.25) is 9.11 Å². The minimum Gasteiger partial charge on any atom is -0.398 e. The number of benzene rings is 2. The number of nitrogens with zero attached hydrogens (tertiary/aromatic N) is 2. The molecule has 12 nitrogen and oxygen atoms in total. The van der Waals surface area contributed by atoms with Gasteiger partial charge < -0.3 is 5.73 Å². The van der Waals surface area contributed by atoms with Crippen LogP contribution in [-0.4, -0.2) is 46.7 Å². The van der Waals surface area contributed by atoms with Gasteiger partial charge in [-0.25, -0.2) is 17.0 Å². The molecule has 2 aromatic rings. The lowest BCUT2D eigenvalue weighted by atomic mass is 10.3. The summed E-state index contributed by atoms with van der Waals surface area (Å²) >= 11 is 0. The van der Waals surface area contributed by atoms with E-state index in [1.165, 1.54) is 12.1 Å². The summed E-state index contributed by atoms with van der Waals surface area (Å²) in [5, 5.41) is 7.16. The number of nitrogens with two attached hydrogens (primary N) is 1. The Morgan fingerprint density at radius 3 is 2.10 bits per heavy atom. The van der Waals surface area contributed by atoms with Crippen LogP contribution in [0.2, 0.25) is 0 Å². The van der Waals surface area contributed by atoms with Crippen molar-refractivity contribution in [1.29, 1.82) is 0 Å². The zero-order valence-electron chi connectivity index (χ0n) is 14.7. The molecule has 0 unspecified atom stereocenters. The Morgan fingerprint density at radius 1 is 0.967 bits per heavy atom. The van der Waals surface area contributed by atoms with E-state index in [1.54, 1.807) is 0 Å². The number of halogens is 1. The van der Waals surface area contributed by atoms with Crippen molar-refractivity contribution in [2.24, 2.45) is 10.2 Å². The summed E-state index contributed by atoms with van der Waals surface area (Å²) in [5.41, 5.74) is 4.33. The van der Waals surface area contributed by atoms with Crippen LogP contribution >= 0.6 is 0 Å². The van der Waals surface area contributed by atoms with Crippen LogP contribution in [0.5, 0.6) is 0 Å². The fourth-order valence-electron chi connectivity index (χ4n) is 2.06. The molecule has 2 rings (SSSR count). The standard InChI is InChI=1S/C14H14FN3O9S3/c15-11-7-12(16)14(29(21,22)23)8-13(11)18-17-9-1-3-10(4-2-9)28(19,20)6-5-27-30(24,25)26/h1-4,7-8H,5-6,16H2,(H,21,22,23)(H,24,25,26)/b18-17+. The van der Waals surface area contributed by atoms with Gasteiger partial charge in [0.15, 0.2) is 15.7 Å². The number of rotatable bonds is 8. The Balaban J connectivity index is 2.21. The first-order valence-corrected chi connectivity index (χ1v) is 12.1. The van der Waals surface area contributed by atoms with Crippen molar-refractivity contribution in [2.45, 2.75) is 9.79 Å². The van der Waals surface area contributed by atoms with Gasteiger partial charge in [-0.2, -0.15) is 21.9 Å². The molecule has 30 heavy (non-hydrogen) atoms. The highest BCUT2D eigenvalue weighted by Gasteiger charge is 2.18. The smallest absolute Gasteiger partial charge is 0.397 e. The van der Waals surface area contributed by atoms with Crippen molar-refractivity contribution < 1.29 is 42.9 Å². The van der Waals surface area contributed by atoms with Gasteiger partial charge >= 0.3 is 10.4 Å². The van der Waals surface area contributed by atoms with E-state index in [1.807, 2.05) is 0 Å². The van der Waals surface area contributed by atoms with Crippen molar-refractivity contribution in [1.82, 2.24) is 0 Å². The van der Waals surface area contributed by atoms with E-state index >= 15 is 0 Å². The molecule has 0 atom stereocenters. The quantitative estimate of drug-likeness (QED) is 0.281. The highest BCUT2D eigenvalue weighted by atomic mass is 32.3. The Hall–Kier alpha value is -2.50. The van der Waals surface area contributed by atoms with Crippen molar-refractivity contribution >= 4 is 47.4 Å². The second-order valence-electron chi connectivity index (χ2n) is 5.58. The molecule has 164 valence electrons. The van der Waals surface area contributed by atoms with E-state index in [2.05, 4.69) is 14.4 Å². The van der Waals surface area contributed by atoms with E-state index < -0.39 is 64.8 Å². The molecular weight excluding hydrogens is 469 g/mol. The third-order valence-corrected chi connectivity index (χ3v) is 6.48. The van der Waals surface area contributed by atoms with Gasteiger partial charge in [0.05, 0.1) is 28.6 Å². The van der Waals surface area contributed by atoms with Crippen LogP contribution in [0, 0.1) is 5.82 Å². The predicted molar refractivity (Wildman–Crippen MR) is 101 cm³/mol. The number of anilines is 1. The molecule has 0 aliphatic heterocycles. The summed E-state index contributed by atoms with van der Waals surface area (Å²) in [4.78, 5) is -0.973. The molecule has 16 heteroatoms. The molecular formula is C14H14FN3O9S3. The van der Waals surface area contributed by atoms with E-state index in [9.17, 15) is 29.6 Å². The van der Waals surface area contributed by atoms with Crippen molar-refractivity contribution in [3.8, 4) is 0 Å². The predicted octanol–water partition coefficient (Wildman–Crippen LogP) is 1.66. The van der Waals surface area contributed by atoms with E-state index in [-0.39, 0.29) is 10.6 Å². The summed E-state index contributed by atoms with van der Waals surface area (Å²) in [6.45, 7) is -0.796. The monoisotopic (exact) mass is 483 g/mol. The van der Waals surface area contributed by atoms with Crippen LogP contribution in [0.3, 0.4) is 0 Å². The zero-order valence-corrected chi connectivity index (χ0v) is 17.2. The number of azo groups is 1. The van der Waals surface area contributed by atoms with Gasteiger partial charge in [0.1, 0.15) is 10.6 Å². The Bertz CT molecular complexity index is 1290. The van der Waals surface area contributed by atoms with E-state index in [0.29, 0.717) is 12.1 Å². The first-order chi connectivity index (χ1) is 13.7. The summed E-state index contributed by atoms with van der Waals surface area (Å²) < 4.78 is 103. The van der Waals surface area contributed by atoms with Gasteiger partial charge in [-0.1, -0.05) is 0 Å². The summed E-state index contributed by atoms with van der Waals surface area (Å²) in [7, 11) is -13.4. The molecule has 0 saturated carbocycles. The van der Waals surface area contributed by atoms with E-state index in [0.717, 1.165) is 12.1 Å². The third-order valence-electron chi connectivity index (χ3n) is 3.41. The molecule has 0 bridgehead atoms. The van der Waals surface area contributed by atoms with Crippen molar-refractivity contribution in [3.63, 3.8) is 0 Å². The largest absolute Gasteiger partial charge is 0.398 e. The minimum absolute atomic E-state index is 0.0627. The maximum absolute atomic E-state index is 13.9. The Kier molecular flexibility index (Phi) is 6.90. The maximum Gasteiger partial charge on any atom is 0.397 e. The average Bonchev–Trinajstić information content (AvgIpc) is 2.59. The third kappa shape index (κ3) is 6.51. The van der Waals surface area contributed by atoms with E-state index in [4.69, 9.17) is 14.8 Å². The van der Waals surface area contributed by atoms with Crippen LogP contribution in [0.4, 0.5) is 21.5 Å². The molecule has 0 fully saturated rings. The SMILES string of the molecule is Nc1cc(F)c(/N=N/c2ccc(S(=O)(=O)CCOS(=O)(=O)O)cc2)cc1S(=O)(=O)O. The van der Waals surface area contributed by atoms with Crippen molar-refractivity contribution in [2.75, 3.05) is 18.1 Å². The topological polar surface area (TPSA) is 203 Å². The number of nitrogen functional groups attached to an aromatic ring is 1. The molecule has 0 heterocycles. The molecule has 0 saturated heterocycles.